The van der Waals surface area contributed by atoms with E-state index in [1.54, 1.807) is 18.2 Å². The van der Waals surface area contributed by atoms with E-state index in [2.05, 4.69) is 30.7 Å². The van der Waals surface area contributed by atoms with Crippen LogP contribution in [-0.2, 0) is 19.9 Å². The number of azo groups is 1. The molecular formula is C18H18N8O4S2. The van der Waals surface area contributed by atoms with Crippen molar-refractivity contribution in [2.24, 2.45) is 20.4 Å². The normalized spacial score (nSPS) is 17.0. The number of H-pyrrole nitrogens is 1. The highest BCUT2D eigenvalue weighted by atomic mass is 32.2. The minimum atomic E-state index is -4.51. The Kier molecular flexibility index (Phi) is 4.63. The fourth-order valence-electron chi connectivity index (χ4n) is 3.82. The molecule has 1 fully saturated rings. The van der Waals surface area contributed by atoms with Gasteiger partial charge in [0.05, 0.1) is 21.2 Å². The van der Waals surface area contributed by atoms with Crippen molar-refractivity contribution in [3.8, 4) is 11.1 Å². The van der Waals surface area contributed by atoms with Crippen molar-refractivity contribution in [3.05, 3.63) is 35.9 Å². The summed E-state index contributed by atoms with van der Waals surface area (Å²) in [6.45, 7) is 0.428. The van der Waals surface area contributed by atoms with E-state index >= 15 is 0 Å². The topological polar surface area (TPSA) is 198 Å². The Balaban J connectivity index is 1.90. The van der Waals surface area contributed by atoms with Gasteiger partial charge in [0, 0.05) is 24.0 Å². The van der Waals surface area contributed by atoms with Gasteiger partial charge in [-0.25, -0.2) is 27.0 Å². The molecular weight excluding hydrogens is 456 g/mol. The third-order valence-electron chi connectivity index (χ3n) is 5.49. The van der Waals surface area contributed by atoms with E-state index in [9.17, 15) is 16.8 Å². The number of sulfone groups is 1. The van der Waals surface area contributed by atoms with Crippen LogP contribution in [0.1, 0.15) is 5.56 Å². The largest absolute Gasteiger partial charge is 0.382 e. The number of primary sulfonamides is 1. The van der Waals surface area contributed by atoms with Crippen molar-refractivity contribution >= 4 is 42.4 Å². The zero-order valence-corrected chi connectivity index (χ0v) is 18.1. The first-order valence-electron chi connectivity index (χ1n) is 9.49. The molecule has 0 amide bonds. The highest BCUT2D eigenvalue weighted by Gasteiger charge is 2.39. The number of benzene rings is 2. The van der Waals surface area contributed by atoms with Crippen LogP contribution in [0.2, 0.25) is 0 Å². The van der Waals surface area contributed by atoms with Gasteiger partial charge in [-0.05, 0) is 17.7 Å². The van der Waals surface area contributed by atoms with Gasteiger partial charge < -0.3 is 11.1 Å². The van der Waals surface area contributed by atoms with Crippen molar-refractivity contribution < 1.29 is 16.8 Å². The Labute approximate surface area is 182 Å². The summed E-state index contributed by atoms with van der Waals surface area (Å²) in [6.07, 6.45) is 0. The van der Waals surface area contributed by atoms with Gasteiger partial charge in [0.1, 0.15) is 4.90 Å². The van der Waals surface area contributed by atoms with Crippen LogP contribution in [0, 0.1) is 0 Å². The van der Waals surface area contributed by atoms with Gasteiger partial charge >= 0.3 is 0 Å². The molecule has 0 aliphatic carbocycles. The second-order valence-corrected chi connectivity index (χ2v) is 11.1. The average molecular weight is 475 g/mol. The summed E-state index contributed by atoms with van der Waals surface area (Å²) in [5.41, 5.74) is 7.32. The van der Waals surface area contributed by atoms with Crippen molar-refractivity contribution in [2.75, 3.05) is 25.5 Å². The van der Waals surface area contributed by atoms with Gasteiger partial charge in [-0.15, -0.1) is 5.11 Å². The molecule has 2 aromatic carbocycles. The highest BCUT2D eigenvalue weighted by Crippen LogP contribution is 2.39. The fraction of sp³-hybridized carbons (Fsp3) is 0.222. The molecule has 1 aromatic heterocycles. The molecule has 0 saturated carbocycles. The number of para-hydroxylation sites is 1. The average Bonchev–Trinajstić information content (AvgIpc) is 3.35. The minimum absolute atomic E-state index is 0.0104. The molecule has 2 aliphatic rings. The molecule has 14 heteroatoms. The quantitative estimate of drug-likeness (QED) is 0.409. The molecule has 5 rings (SSSR count). The highest BCUT2D eigenvalue weighted by molar-refractivity contribution is 7.94. The molecule has 12 nitrogen and oxygen atoms in total. The summed E-state index contributed by atoms with van der Waals surface area (Å²) in [6, 6.07) is 7.99. The number of hydrogen-bond donors (Lipinski definition) is 4. The maximum atomic E-state index is 13.2. The van der Waals surface area contributed by atoms with Crippen molar-refractivity contribution in [1.82, 2.24) is 15.5 Å². The zero-order chi connectivity index (χ0) is 22.7. The van der Waals surface area contributed by atoms with Gasteiger partial charge in [-0.3, -0.25) is 5.10 Å². The van der Waals surface area contributed by atoms with Crippen LogP contribution in [0.15, 0.2) is 55.3 Å². The first-order valence-corrected chi connectivity index (χ1v) is 12.6. The number of aliphatic imine (C=N–C) groups is 1. The maximum absolute atomic E-state index is 13.2. The summed E-state index contributed by atoms with van der Waals surface area (Å²) < 4.78 is 52.0. The van der Waals surface area contributed by atoms with Gasteiger partial charge in [0.15, 0.2) is 28.2 Å². The van der Waals surface area contributed by atoms with Gasteiger partial charge in [0.2, 0.25) is 10.0 Å². The van der Waals surface area contributed by atoms with E-state index in [4.69, 9.17) is 10.9 Å². The Morgan fingerprint density at radius 2 is 1.81 bits per heavy atom. The van der Waals surface area contributed by atoms with Crippen LogP contribution in [0.3, 0.4) is 0 Å². The Hall–Kier alpha value is -3.20. The Bertz CT molecular complexity index is 1540. The molecule has 0 unspecified atom stereocenters. The second kappa shape index (κ2) is 7.16. The lowest BCUT2D eigenvalue weighted by Gasteiger charge is -2.28. The molecule has 3 heterocycles. The van der Waals surface area contributed by atoms with E-state index in [1.807, 2.05) is 0 Å². The fourth-order valence-corrected chi connectivity index (χ4v) is 7.01. The minimum Gasteiger partial charge on any atom is -0.382 e. The van der Waals surface area contributed by atoms with Gasteiger partial charge in [-0.2, -0.15) is 10.2 Å². The Morgan fingerprint density at radius 1 is 1.03 bits per heavy atom. The number of amidine groups is 1. The number of sulfonamides is 1. The number of hydrogen-bond acceptors (Lipinski definition) is 10. The van der Waals surface area contributed by atoms with E-state index in [0.29, 0.717) is 22.0 Å². The predicted molar refractivity (Wildman–Crippen MR) is 117 cm³/mol. The van der Waals surface area contributed by atoms with Crippen LogP contribution in [0.4, 0.5) is 5.82 Å². The molecule has 6 N–H and O–H groups in total. The number of nitrogen functional groups attached to an aromatic ring is 1. The molecule has 2 aliphatic heterocycles. The van der Waals surface area contributed by atoms with Crippen molar-refractivity contribution in [1.29, 1.82) is 0 Å². The SMILES string of the molecule is Nc1n[nH]c2c(-c3ccc(S(=O)(=O)C4CNC4)c(S(N)(=O)=O)c3C3=NCN=N3)cccc12. The lowest BCUT2D eigenvalue weighted by atomic mass is 9.97. The van der Waals surface area contributed by atoms with Crippen molar-refractivity contribution in [2.45, 2.75) is 15.0 Å². The van der Waals surface area contributed by atoms with E-state index in [1.165, 1.54) is 12.1 Å². The van der Waals surface area contributed by atoms with Crippen LogP contribution >= 0.6 is 0 Å². The molecule has 32 heavy (non-hydrogen) atoms. The van der Waals surface area contributed by atoms with E-state index in [-0.39, 0.29) is 41.9 Å². The molecule has 166 valence electrons. The molecule has 0 radical (unpaired) electrons. The molecule has 0 atom stereocenters. The number of nitrogens with zero attached hydrogens (tertiary/aromatic N) is 4. The number of aromatic amines is 1. The monoisotopic (exact) mass is 474 g/mol. The van der Waals surface area contributed by atoms with Crippen LogP contribution < -0.4 is 16.2 Å². The third kappa shape index (κ3) is 3.10. The summed E-state index contributed by atoms with van der Waals surface area (Å²) >= 11 is 0. The van der Waals surface area contributed by atoms with Crippen LogP contribution in [0.25, 0.3) is 22.0 Å². The molecule has 3 aromatic rings. The number of anilines is 1. The standard InChI is InChI=1S/C18H18N8O4S2/c19-17-12-3-1-2-11(15(12)24-25-17)10-4-5-13(31(27,28)9-6-21-7-9)16(32(20,29)30)14(10)18-22-8-23-26-18/h1-5,9,21H,6-8H2,(H3,19,24,25)(H2,20,29,30). The van der Waals surface area contributed by atoms with Gasteiger partial charge in [-0.1, -0.05) is 18.2 Å². The maximum Gasteiger partial charge on any atom is 0.240 e. The zero-order valence-electron chi connectivity index (χ0n) is 16.5. The second-order valence-electron chi connectivity index (χ2n) is 7.39. The number of fused-ring (bicyclic) bond motifs is 1. The first-order chi connectivity index (χ1) is 15.2. The smallest absolute Gasteiger partial charge is 0.240 e. The summed E-state index contributed by atoms with van der Waals surface area (Å²) in [5.74, 6) is 0.252. The summed E-state index contributed by atoms with van der Waals surface area (Å²) in [4.78, 5) is 3.23. The number of aromatic nitrogens is 2. The number of nitrogens with one attached hydrogen (secondary N) is 2. The van der Waals surface area contributed by atoms with Crippen LogP contribution in [-0.4, -0.2) is 57.9 Å². The first kappa shape index (κ1) is 20.7. The van der Waals surface area contributed by atoms with Crippen molar-refractivity contribution in [3.63, 3.8) is 0 Å². The predicted octanol–water partition coefficient (Wildman–Crippen LogP) is 0.375. The van der Waals surface area contributed by atoms with E-state index < -0.39 is 30.0 Å². The summed E-state index contributed by atoms with van der Waals surface area (Å²) in [5, 5.41) is 22.9. The lowest BCUT2D eigenvalue weighted by Crippen LogP contribution is -2.51. The van der Waals surface area contributed by atoms with Crippen LogP contribution in [0.5, 0.6) is 0 Å². The molecule has 1 saturated heterocycles. The number of rotatable bonds is 5. The Morgan fingerprint density at radius 3 is 2.44 bits per heavy atom. The third-order valence-corrected chi connectivity index (χ3v) is 8.77. The van der Waals surface area contributed by atoms with E-state index in [0.717, 1.165) is 0 Å². The lowest BCUT2D eigenvalue weighted by molar-refractivity contribution is 0.493. The summed E-state index contributed by atoms with van der Waals surface area (Å²) in [7, 11) is -8.51. The molecule has 0 spiro atoms. The molecule has 0 bridgehead atoms. The number of nitrogens with two attached hydrogens (primary N) is 2. The van der Waals surface area contributed by atoms with Gasteiger partial charge in [0.25, 0.3) is 0 Å².